The number of halogens is 2. The number of hydrogen-bond acceptors (Lipinski definition) is 1. The van der Waals surface area contributed by atoms with E-state index < -0.39 is 0 Å². The van der Waals surface area contributed by atoms with Crippen LogP contribution >= 0.6 is 11.6 Å². The number of benzene rings is 1. The van der Waals surface area contributed by atoms with E-state index in [-0.39, 0.29) is 40.0 Å². The summed E-state index contributed by atoms with van der Waals surface area (Å²) in [6.45, 7) is 0.527. The fourth-order valence-corrected chi connectivity index (χ4v) is 0.888. The van der Waals surface area contributed by atoms with Gasteiger partial charge in [-0.25, -0.2) is 0 Å². The van der Waals surface area contributed by atoms with Gasteiger partial charge in [-0.05, 0) is 0 Å². The van der Waals surface area contributed by atoms with Crippen LogP contribution in [0.2, 0.25) is 5.02 Å². The smallest absolute Gasteiger partial charge is 1.00 e. The summed E-state index contributed by atoms with van der Waals surface area (Å²) in [4.78, 5) is 0. The molecule has 0 radical (unpaired) electrons. The van der Waals surface area contributed by atoms with E-state index in [0.29, 0.717) is 11.6 Å². The zero-order chi connectivity index (χ0) is 7.40. The summed E-state index contributed by atoms with van der Waals surface area (Å²) in [6, 6.07) is 8.47. The molecule has 1 aromatic carbocycles. The average molecular weight is 260 g/mol. The monoisotopic (exact) mass is 258 g/mol. The minimum Gasteiger partial charge on any atom is -1.00 e. The summed E-state index contributed by atoms with van der Waals surface area (Å²) < 4.78 is 4.89. The Kier molecular flexibility index (Phi) is 10.5. The third kappa shape index (κ3) is 4.67. The number of rotatable bonds is 2. The van der Waals surface area contributed by atoms with Crippen LogP contribution in [-0.2, 0) is 11.3 Å². The largest absolute Gasteiger partial charge is 2.00 e. The number of methoxy groups -OCH3 is 1. The van der Waals surface area contributed by atoms with Gasteiger partial charge in [-0.15, -0.1) is 5.56 Å². The van der Waals surface area contributed by atoms with Gasteiger partial charge in [-0.3, -0.25) is 0 Å². The maximum Gasteiger partial charge on any atom is 2.00 e. The molecule has 0 saturated carbocycles. The molecule has 0 aromatic heterocycles. The van der Waals surface area contributed by atoms with Crippen LogP contribution in [0.25, 0.3) is 0 Å². The summed E-state index contributed by atoms with van der Waals surface area (Å²) in [6.07, 6.45) is 0. The van der Waals surface area contributed by atoms with Crippen molar-refractivity contribution in [1.29, 1.82) is 0 Å². The zero-order valence-corrected chi connectivity index (χ0v) is 10.6. The molecule has 0 atom stereocenters. The van der Waals surface area contributed by atoms with Crippen LogP contribution < -0.4 is 17.0 Å². The van der Waals surface area contributed by atoms with E-state index in [9.17, 15) is 0 Å². The first kappa shape index (κ1) is 15.2. The van der Waals surface area contributed by atoms with E-state index in [2.05, 4.69) is 6.07 Å². The Morgan fingerprint density at radius 3 is 2.75 bits per heavy atom. The molecular weight excluding hydrogens is 252 g/mol. The first-order valence-corrected chi connectivity index (χ1v) is 3.36. The van der Waals surface area contributed by atoms with Crippen LogP contribution in [0.15, 0.2) is 18.2 Å². The van der Waals surface area contributed by atoms with Gasteiger partial charge in [0.1, 0.15) is 0 Å². The first-order valence-electron chi connectivity index (χ1n) is 2.98. The molecule has 1 rings (SSSR count). The molecule has 0 aliphatic carbocycles. The van der Waals surface area contributed by atoms with Gasteiger partial charge in [0.15, 0.2) is 0 Å². The summed E-state index contributed by atoms with van der Waals surface area (Å²) in [5, 5.41) is 0.712. The maximum atomic E-state index is 5.79. The van der Waals surface area contributed by atoms with Crippen molar-refractivity contribution in [2.24, 2.45) is 0 Å². The SMILES string of the molecule is COCc1[c-]cccc1Cl.[Br-].[Mg+2]. The van der Waals surface area contributed by atoms with E-state index in [4.69, 9.17) is 16.3 Å². The summed E-state index contributed by atoms with van der Waals surface area (Å²) in [7, 11) is 1.64. The van der Waals surface area contributed by atoms with Gasteiger partial charge in [-0.2, -0.15) is 35.9 Å². The predicted molar refractivity (Wildman–Crippen MR) is 46.8 cm³/mol. The Morgan fingerprint density at radius 1 is 1.58 bits per heavy atom. The quantitative estimate of drug-likeness (QED) is 0.485. The Morgan fingerprint density at radius 2 is 2.25 bits per heavy atom. The van der Waals surface area contributed by atoms with Crippen LogP contribution in [0.1, 0.15) is 5.56 Å². The maximum absolute atomic E-state index is 5.79. The second-order valence-corrected chi connectivity index (χ2v) is 2.34. The minimum atomic E-state index is 0. The van der Waals surface area contributed by atoms with Gasteiger partial charge in [0.05, 0.1) is 6.61 Å². The molecule has 0 bridgehead atoms. The Balaban J connectivity index is 0. The molecule has 0 saturated heterocycles. The molecule has 0 N–H and O–H groups in total. The average Bonchev–Trinajstić information content (AvgIpc) is 1.94. The fraction of sp³-hybridized carbons (Fsp3) is 0.250. The molecule has 0 unspecified atom stereocenters. The Labute approximate surface area is 104 Å². The number of ether oxygens (including phenoxy) is 1. The van der Waals surface area contributed by atoms with E-state index in [1.54, 1.807) is 7.11 Å². The summed E-state index contributed by atoms with van der Waals surface area (Å²) in [5.41, 5.74) is 0.909. The molecule has 1 aromatic rings. The topological polar surface area (TPSA) is 9.23 Å². The molecule has 0 aliphatic heterocycles. The first-order chi connectivity index (χ1) is 4.84. The van der Waals surface area contributed by atoms with E-state index >= 15 is 0 Å². The molecular formula is C8H8BrClMgO. The van der Waals surface area contributed by atoms with Crippen molar-refractivity contribution in [3.8, 4) is 0 Å². The normalized spacial score (nSPS) is 8.17. The molecule has 0 amide bonds. The van der Waals surface area contributed by atoms with Gasteiger partial charge in [-0.1, -0.05) is 5.02 Å². The number of hydrogen-bond donors (Lipinski definition) is 0. The Bertz CT molecular complexity index is 220. The van der Waals surface area contributed by atoms with Crippen LogP contribution in [0.3, 0.4) is 0 Å². The van der Waals surface area contributed by atoms with E-state index in [0.717, 1.165) is 5.56 Å². The second kappa shape index (κ2) is 8.32. The van der Waals surface area contributed by atoms with Crippen LogP contribution in [0, 0.1) is 6.07 Å². The standard InChI is InChI=1S/C8H8ClO.BrH.Mg/c1-10-6-7-4-2-3-5-8(7)9;;/h2-3,5H,6H2,1H3;1H;/q-1;;+2/p-1. The molecule has 1 nitrogen and oxygen atoms in total. The van der Waals surface area contributed by atoms with Gasteiger partial charge in [0.25, 0.3) is 0 Å². The van der Waals surface area contributed by atoms with Crippen molar-refractivity contribution in [1.82, 2.24) is 0 Å². The van der Waals surface area contributed by atoms with Crippen molar-refractivity contribution in [2.75, 3.05) is 7.11 Å². The minimum absolute atomic E-state index is 0. The van der Waals surface area contributed by atoms with E-state index in [1.165, 1.54) is 0 Å². The third-order valence-corrected chi connectivity index (χ3v) is 1.53. The fourth-order valence-electron chi connectivity index (χ4n) is 0.706. The van der Waals surface area contributed by atoms with Crippen LogP contribution in [-0.4, -0.2) is 30.2 Å². The molecule has 4 heteroatoms. The van der Waals surface area contributed by atoms with Crippen molar-refractivity contribution in [3.05, 3.63) is 34.9 Å². The molecule has 12 heavy (non-hydrogen) atoms. The molecule has 0 heterocycles. The van der Waals surface area contributed by atoms with Gasteiger partial charge >= 0.3 is 23.1 Å². The van der Waals surface area contributed by atoms with Crippen molar-refractivity contribution in [2.45, 2.75) is 6.61 Å². The molecule has 62 valence electrons. The predicted octanol–water partition coefficient (Wildman–Crippen LogP) is -1.09. The molecule has 0 aliphatic rings. The van der Waals surface area contributed by atoms with Crippen molar-refractivity contribution in [3.63, 3.8) is 0 Å². The van der Waals surface area contributed by atoms with Crippen molar-refractivity contribution >= 4 is 34.7 Å². The van der Waals surface area contributed by atoms with Gasteiger partial charge in [0.2, 0.25) is 0 Å². The van der Waals surface area contributed by atoms with Crippen LogP contribution in [0.5, 0.6) is 0 Å². The second-order valence-electron chi connectivity index (χ2n) is 1.93. The van der Waals surface area contributed by atoms with E-state index in [1.807, 2.05) is 18.2 Å². The molecule has 0 spiro atoms. The van der Waals surface area contributed by atoms with Gasteiger partial charge in [0, 0.05) is 7.11 Å². The van der Waals surface area contributed by atoms with Crippen molar-refractivity contribution < 1.29 is 21.7 Å². The summed E-state index contributed by atoms with van der Waals surface area (Å²) in [5.74, 6) is 0. The molecule has 0 fully saturated rings. The Hall–Kier alpha value is 0.716. The third-order valence-electron chi connectivity index (χ3n) is 1.17. The zero-order valence-electron chi connectivity index (χ0n) is 6.81. The van der Waals surface area contributed by atoms with Gasteiger partial charge < -0.3 is 21.7 Å². The van der Waals surface area contributed by atoms with Crippen LogP contribution in [0.4, 0.5) is 0 Å². The summed E-state index contributed by atoms with van der Waals surface area (Å²) >= 11 is 5.79.